The molecule has 29 heavy (non-hydrogen) atoms. The highest BCUT2D eigenvalue weighted by molar-refractivity contribution is 5.94. The van der Waals surface area contributed by atoms with Crippen LogP contribution in [0.15, 0.2) is 24.3 Å². The molecule has 0 atom stereocenters. The highest BCUT2D eigenvalue weighted by atomic mass is 16.5. The van der Waals surface area contributed by atoms with E-state index in [0.717, 1.165) is 45.1 Å². The quantitative estimate of drug-likeness (QED) is 0.648. The summed E-state index contributed by atoms with van der Waals surface area (Å²) in [5.74, 6) is -0.768. The predicted octanol–water partition coefficient (Wildman–Crippen LogP) is 3.39. The molecule has 0 spiro atoms. The molecule has 1 aromatic carbocycles. The summed E-state index contributed by atoms with van der Waals surface area (Å²) in [6.07, 6.45) is 0.655. The maximum absolute atomic E-state index is 12.2. The molecule has 0 aliphatic rings. The number of para-hydroxylation sites is 1. The standard InChI is InChI=1S/C22H26N4O3/c1-13-7-6-8-14(2)22(13)24-20(27)12-29-21(28)10-9-18-16(4)23-19-11-15(3)25-26(19)17(18)5/h6-8,11H,9-10,12H2,1-5H3,(H,24,27). The van der Waals surface area contributed by atoms with Crippen LogP contribution in [-0.4, -0.2) is 33.1 Å². The van der Waals surface area contributed by atoms with Crippen LogP contribution in [-0.2, 0) is 20.7 Å². The number of rotatable bonds is 6. The minimum atomic E-state index is -0.419. The van der Waals surface area contributed by atoms with Gasteiger partial charge >= 0.3 is 5.97 Å². The van der Waals surface area contributed by atoms with Gasteiger partial charge in [0.2, 0.25) is 0 Å². The number of hydrogen-bond donors (Lipinski definition) is 1. The maximum atomic E-state index is 12.2. The summed E-state index contributed by atoms with van der Waals surface area (Å²) >= 11 is 0. The van der Waals surface area contributed by atoms with Crippen LogP contribution in [0.2, 0.25) is 0 Å². The number of benzene rings is 1. The lowest BCUT2D eigenvalue weighted by atomic mass is 10.1. The summed E-state index contributed by atoms with van der Waals surface area (Å²) in [4.78, 5) is 28.9. The number of esters is 1. The number of ether oxygens (including phenoxy) is 1. The lowest BCUT2D eigenvalue weighted by molar-refractivity contribution is -0.147. The number of aromatic nitrogens is 3. The number of nitrogens with one attached hydrogen (secondary N) is 1. The number of carbonyl (C=O) groups is 2. The van der Waals surface area contributed by atoms with Crippen molar-refractivity contribution in [1.29, 1.82) is 0 Å². The summed E-state index contributed by atoms with van der Waals surface area (Å²) in [6.45, 7) is 9.35. The number of hydrogen-bond acceptors (Lipinski definition) is 5. The van der Waals surface area contributed by atoms with Gasteiger partial charge in [0.15, 0.2) is 12.3 Å². The number of amides is 1. The monoisotopic (exact) mass is 394 g/mol. The Labute approximate surface area is 170 Å². The van der Waals surface area contributed by atoms with E-state index in [1.807, 2.05) is 58.9 Å². The van der Waals surface area contributed by atoms with Crippen molar-refractivity contribution in [2.75, 3.05) is 11.9 Å². The zero-order valence-electron chi connectivity index (χ0n) is 17.5. The van der Waals surface area contributed by atoms with Gasteiger partial charge in [0.05, 0.1) is 5.69 Å². The molecular formula is C22H26N4O3. The van der Waals surface area contributed by atoms with Gasteiger partial charge in [0, 0.05) is 29.6 Å². The Kier molecular flexibility index (Phi) is 5.96. The van der Waals surface area contributed by atoms with Gasteiger partial charge in [-0.25, -0.2) is 9.50 Å². The van der Waals surface area contributed by atoms with Crippen molar-refractivity contribution in [3.63, 3.8) is 0 Å². The molecule has 0 aliphatic heterocycles. The molecule has 0 saturated heterocycles. The molecule has 7 heteroatoms. The topological polar surface area (TPSA) is 85.6 Å². The van der Waals surface area contributed by atoms with E-state index in [1.165, 1.54) is 0 Å². The lowest BCUT2D eigenvalue weighted by Crippen LogP contribution is -2.22. The molecule has 0 radical (unpaired) electrons. The molecule has 0 aliphatic carbocycles. The lowest BCUT2D eigenvalue weighted by Gasteiger charge is -2.12. The van der Waals surface area contributed by atoms with Gasteiger partial charge < -0.3 is 10.1 Å². The van der Waals surface area contributed by atoms with Crippen molar-refractivity contribution < 1.29 is 14.3 Å². The van der Waals surface area contributed by atoms with Crippen LogP contribution in [0.4, 0.5) is 5.69 Å². The van der Waals surface area contributed by atoms with Gasteiger partial charge in [0.1, 0.15) is 0 Å². The van der Waals surface area contributed by atoms with Crippen molar-refractivity contribution in [3.05, 3.63) is 58.0 Å². The fourth-order valence-electron chi connectivity index (χ4n) is 3.44. The largest absolute Gasteiger partial charge is 0.456 e. The second-order valence-corrected chi connectivity index (χ2v) is 7.29. The average molecular weight is 394 g/mol. The molecule has 0 saturated carbocycles. The number of anilines is 1. The summed E-state index contributed by atoms with van der Waals surface area (Å²) in [5.41, 5.74) is 7.18. The van der Waals surface area contributed by atoms with Crippen LogP contribution < -0.4 is 5.32 Å². The first-order valence-corrected chi connectivity index (χ1v) is 9.60. The molecule has 0 fully saturated rings. The molecule has 2 aromatic heterocycles. The predicted molar refractivity (Wildman–Crippen MR) is 111 cm³/mol. The van der Waals surface area contributed by atoms with E-state index in [2.05, 4.69) is 15.4 Å². The van der Waals surface area contributed by atoms with Crippen LogP contribution in [0.5, 0.6) is 0 Å². The molecule has 0 bridgehead atoms. The number of fused-ring (bicyclic) bond motifs is 1. The summed E-state index contributed by atoms with van der Waals surface area (Å²) < 4.78 is 6.95. The van der Waals surface area contributed by atoms with Crippen molar-refractivity contribution in [2.45, 2.75) is 47.5 Å². The fraction of sp³-hybridized carbons (Fsp3) is 0.364. The first-order chi connectivity index (χ1) is 13.8. The van der Waals surface area contributed by atoms with E-state index in [9.17, 15) is 9.59 Å². The van der Waals surface area contributed by atoms with Gasteiger partial charge in [-0.1, -0.05) is 18.2 Å². The number of nitrogens with zero attached hydrogens (tertiary/aromatic N) is 3. The summed E-state index contributed by atoms with van der Waals surface area (Å²) in [6, 6.07) is 7.70. The van der Waals surface area contributed by atoms with Gasteiger partial charge in [-0.2, -0.15) is 5.10 Å². The van der Waals surface area contributed by atoms with E-state index in [-0.39, 0.29) is 18.9 Å². The third kappa shape index (κ3) is 4.62. The van der Waals surface area contributed by atoms with E-state index < -0.39 is 5.97 Å². The van der Waals surface area contributed by atoms with E-state index in [1.54, 1.807) is 4.52 Å². The van der Waals surface area contributed by atoms with E-state index >= 15 is 0 Å². The molecule has 3 aromatic rings. The van der Waals surface area contributed by atoms with Crippen LogP contribution in [0, 0.1) is 34.6 Å². The highest BCUT2D eigenvalue weighted by Crippen LogP contribution is 2.19. The average Bonchev–Trinajstić information content (AvgIpc) is 3.03. The summed E-state index contributed by atoms with van der Waals surface area (Å²) in [7, 11) is 0. The molecule has 1 N–H and O–H groups in total. The second-order valence-electron chi connectivity index (χ2n) is 7.29. The number of carbonyl (C=O) groups excluding carboxylic acids is 2. The normalized spacial score (nSPS) is 10.9. The van der Waals surface area contributed by atoms with Crippen LogP contribution in [0.1, 0.15) is 40.2 Å². The number of aryl methyl sites for hydroxylation is 5. The third-order valence-corrected chi connectivity index (χ3v) is 4.98. The van der Waals surface area contributed by atoms with Crippen molar-refractivity contribution in [1.82, 2.24) is 14.6 Å². The van der Waals surface area contributed by atoms with Crippen LogP contribution in [0.3, 0.4) is 0 Å². The summed E-state index contributed by atoms with van der Waals surface area (Å²) in [5, 5.41) is 7.25. The van der Waals surface area contributed by atoms with Crippen molar-refractivity contribution in [2.24, 2.45) is 0 Å². The van der Waals surface area contributed by atoms with Gasteiger partial charge in [-0.3, -0.25) is 9.59 Å². The molecular weight excluding hydrogens is 368 g/mol. The molecule has 2 heterocycles. The Morgan fingerprint density at radius 1 is 1.10 bits per heavy atom. The van der Waals surface area contributed by atoms with E-state index in [4.69, 9.17) is 4.74 Å². The Morgan fingerprint density at radius 3 is 2.48 bits per heavy atom. The first-order valence-electron chi connectivity index (χ1n) is 9.60. The van der Waals surface area contributed by atoms with Gasteiger partial charge in [-0.15, -0.1) is 0 Å². The Balaban J connectivity index is 1.56. The highest BCUT2D eigenvalue weighted by Gasteiger charge is 2.15. The molecule has 1 amide bonds. The first kappa shape index (κ1) is 20.5. The van der Waals surface area contributed by atoms with Crippen molar-refractivity contribution in [3.8, 4) is 0 Å². The Hall–Kier alpha value is -3.22. The molecule has 0 unspecified atom stereocenters. The van der Waals surface area contributed by atoms with E-state index in [0.29, 0.717) is 6.42 Å². The molecule has 3 rings (SSSR count). The molecule has 7 nitrogen and oxygen atoms in total. The smallest absolute Gasteiger partial charge is 0.306 e. The Morgan fingerprint density at radius 2 is 1.79 bits per heavy atom. The zero-order valence-corrected chi connectivity index (χ0v) is 17.5. The third-order valence-electron chi connectivity index (χ3n) is 4.98. The van der Waals surface area contributed by atoms with Gasteiger partial charge in [0.25, 0.3) is 5.91 Å². The maximum Gasteiger partial charge on any atom is 0.306 e. The zero-order chi connectivity index (χ0) is 21.1. The Bertz CT molecular complexity index is 1070. The second kappa shape index (κ2) is 8.43. The van der Waals surface area contributed by atoms with Crippen molar-refractivity contribution >= 4 is 23.2 Å². The van der Waals surface area contributed by atoms with Crippen LogP contribution in [0.25, 0.3) is 5.65 Å². The fourth-order valence-corrected chi connectivity index (χ4v) is 3.44. The SMILES string of the molecule is Cc1cc2nc(C)c(CCC(=O)OCC(=O)Nc3c(C)cccc3C)c(C)n2n1. The minimum Gasteiger partial charge on any atom is -0.456 e. The van der Waals surface area contributed by atoms with Crippen LogP contribution >= 0.6 is 0 Å². The minimum absolute atomic E-state index is 0.172. The van der Waals surface area contributed by atoms with Gasteiger partial charge in [-0.05, 0) is 57.7 Å². The molecule has 152 valence electrons.